The van der Waals surface area contributed by atoms with Crippen LogP contribution in [0.4, 0.5) is 13.2 Å². The van der Waals surface area contributed by atoms with E-state index in [1.54, 1.807) is 17.0 Å². The van der Waals surface area contributed by atoms with Crippen molar-refractivity contribution in [2.45, 2.75) is 31.0 Å². The molecule has 4 nitrogen and oxygen atoms in total. The number of piperidine rings is 1. The second kappa shape index (κ2) is 7.37. The molecule has 148 valence electrons. The van der Waals surface area contributed by atoms with Crippen molar-refractivity contribution < 1.29 is 27.4 Å². The number of alkyl halides is 3. The van der Waals surface area contributed by atoms with E-state index in [1.165, 1.54) is 12.1 Å². The standard InChI is InChI=1S/C21H20F3NO3/c22-21(23,24)16-9-7-14(8-10-16)15-4-3-11-25(12-15)20(26)19-13-27-17-5-1-2-6-18(17)28-19/h1-2,5-10,15,19H,3-4,11-13H2/t15-,19-/m1/s1. The summed E-state index contributed by atoms with van der Waals surface area (Å²) in [6.45, 7) is 1.22. The maximum atomic E-state index is 12.9. The Kier molecular flexibility index (Phi) is 4.91. The number of carbonyl (C=O) groups excluding carboxylic acids is 1. The van der Waals surface area contributed by atoms with E-state index in [0.29, 0.717) is 24.6 Å². The topological polar surface area (TPSA) is 38.8 Å². The third-order valence-electron chi connectivity index (χ3n) is 5.23. The van der Waals surface area contributed by atoms with Crippen molar-refractivity contribution in [3.05, 3.63) is 59.7 Å². The average molecular weight is 391 g/mol. The van der Waals surface area contributed by atoms with Gasteiger partial charge < -0.3 is 14.4 Å². The molecule has 2 atom stereocenters. The Balaban J connectivity index is 1.43. The number of rotatable bonds is 2. The van der Waals surface area contributed by atoms with Crippen LogP contribution in [0.25, 0.3) is 0 Å². The van der Waals surface area contributed by atoms with E-state index in [2.05, 4.69) is 0 Å². The van der Waals surface area contributed by atoms with E-state index >= 15 is 0 Å². The monoisotopic (exact) mass is 391 g/mol. The smallest absolute Gasteiger partial charge is 0.416 e. The molecule has 28 heavy (non-hydrogen) atoms. The summed E-state index contributed by atoms with van der Waals surface area (Å²) < 4.78 is 49.7. The Bertz CT molecular complexity index is 851. The molecule has 0 radical (unpaired) electrons. The molecule has 7 heteroatoms. The van der Waals surface area contributed by atoms with Crippen LogP contribution < -0.4 is 9.47 Å². The van der Waals surface area contributed by atoms with E-state index in [9.17, 15) is 18.0 Å². The van der Waals surface area contributed by atoms with Crippen molar-refractivity contribution in [1.29, 1.82) is 0 Å². The fourth-order valence-corrected chi connectivity index (χ4v) is 3.74. The van der Waals surface area contributed by atoms with Crippen LogP contribution in [-0.4, -0.2) is 36.6 Å². The molecular weight excluding hydrogens is 371 g/mol. The second-order valence-electron chi connectivity index (χ2n) is 7.11. The van der Waals surface area contributed by atoms with Gasteiger partial charge in [-0.3, -0.25) is 4.79 Å². The number of nitrogens with zero attached hydrogens (tertiary/aromatic N) is 1. The highest BCUT2D eigenvalue weighted by molar-refractivity contribution is 5.82. The van der Waals surface area contributed by atoms with E-state index in [-0.39, 0.29) is 18.4 Å². The second-order valence-corrected chi connectivity index (χ2v) is 7.11. The first kappa shape index (κ1) is 18.7. The lowest BCUT2D eigenvalue weighted by atomic mass is 9.90. The van der Waals surface area contributed by atoms with Gasteiger partial charge in [-0.2, -0.15) is 13.2 Å². The van der Waals surface area contributed by atoms with Crippen LogP contribution >= 0.6 is 0 Å². The van der Waals surface area contributed by atoms with E-state index in [0.717, 1.165) is 30.5 Å². The summed E-state index contributed by atoms with van der Waals surface area (Å²) in [7, 11) is 0. The molecule has 2 aromatic rings. The van der Waals surface area contributed by atoms with Crippen molar-refractivity contribution in [1.82, 2.24) is 4.90 Å². The first-order valence-electron chi connectivity index (χ1n) is 9.26. The first-order valence-corrected chi connectivity index (χ1v) is 9.26. The minimum absolute atomic E-state index is 0.0109. The zero-order chi connectivity index (χ0) is 19.7. The minimum atomic E-state index is -4.35. The molecule has 1 saturated heterocycles. The number of ether oxygens (including phenoxy) is 2. The maximum absolute atomic E-state index is 12.9. The third-order valence-corrected chi connectivity index (χ3v) is 5.23. The zero-order valence-electron chi connectivity index (χ0n) is 15.1. The Hall–Kier alpha value is -2.70. The fraction of sp³-hybridized carbons (Fsp3) is 0.381. The van der Waals surface area contributed by atoms with E-state index in [1.807, 2.05) is 12.1 Å². The number of para-hydroxylation sites is 2. The molecule has 4 rings (SSSR count). The summed E-state index contributed by atoms with van der Waals surface area (Å²) in [5.74, 6) is 1.03. The molecule has 0 unspecified atom stereocenters. The van der Waals surface area contributed by atoms with Gasteiger partial charge in [0.15, 0.2) is 11.5 Å². The Morgan fingerprint density at radius 1 is 1.04 bits per heavy atom. The van der Waals surface area contributed by atoms with Crippen molar-refractivity contribution in [2.75, 3.05) is 19.7 Å². The third kappa shape index (κ3) is 3.79. The molecule has 0 spiro atoms. The summed E-state index contributed by atoms with van der Waals surface area (Å²) in [4.78, 5) is 14.6. The molecule has 0 bridgehead atoms. The summed E-state index contributed by atoms with van der Waals surface area (Å²) in [5, 5.41) is 0. The average Bonchev–Trinajstić information content (AvgIpc) is 2.72. The molecule has 0 saturated carbocycles. The predicted octanol–water partition coefficient (Wildman–Crippen LogP) is 4.25. The predicted molar refractivity (Wildman–Crippen MR) is 96.4 cm³/mol. The van der Waals surface area contributed by atoms with Crippen LogP contribution in [0.1, 0.15) is 29.9 Å². The number of carbonyl (C=O) groups is 1. The largest absolute Gasteiger partial charge is 0.485 e. The van der Waals surface area contributed by atoms with E-state index < -0.39 is 17.8 Å². The van der Waals surface area contributed by atoms with E-state index in [4.69, 9.17) is 9.47 Å². The normalized spacial score (nSPS) is 22.0. The lowest BCUT2D eigenvalue weighted by Crippen LogP contribution is -2.49. The van der Waals surface area contributed by atoms with Gasteiger partial charge in [0.2, 0.25) is 6.10 Å². The zero-order valence-corrected chi connectivity index (χ0v) is 15.1. The van der Waals surface area contributed by atoms with Gasteiger partial charge in [-0.1, -0.05) is 24.3 Å². The minimum Gasteiger partial charge on any atom is -0.485 e. The Morgan fingerprint density at radius 3 is 2.46 bits per heavy atom. The van der Waals surface area contributed by atoms with Crippen LogP contribution in [0.2, 0.25) is 0 Å². The highest BCUT2D eigenvalue weighted by atomic mass is 19.4. The van der Waals surface area contributed by atoms with Crippen molar-refractivity contribution in [3.8, 4) is 11.5 Å². The van der Waals surface area contributed by atoms with Crippen LogP contribution in [0, 0.1) is 0 Å². The van der Waals surface area contributed by atoms with Crippen molar-refractivity contribution in [2.24, 2.45) is 0 Å². The molecule has 2 aromatic carbocycles. The van der Waals surface area contributed by atoms with Crippen LogP contribution in [-0.2, 0) is 11.0 Å². The number of benzene rings is 2. The Labute approximate surface area is 160 Å². The molecule has 0 aromatic heterocycles. The first-order chi connectivity index (χ1) is 13.4. The molecule has 2 heterocycles. The fourth-order valence-electron chi connectivity index (χ4n) is 3.74. The quantitative estimate of drug-likeness (QED) is 0.768. The van der Waals surface area contributed by atoms with Crippen LogP contribution in [0.5, 0.6) is 11.5 Å². The number of halogens is 3. The molecule has 2 aliphatic heterocycles. The van der Waals surface area contributed by atoms with Crippen molar-refractivity contribution in [3.63, 3.8) is 0 Å². The Morgan fingerprint density at radius 2 is 1.75 bits per heavy atom. The van der Waals surface area contributed by atoms with Crippen LogP contribution in [0.15, 0.2) is 48.5 Å². The van der Waals surface area contributed by atoms with Gasteiger partial charge in [0.1, 0.15) is 6.61 Å². The maximum Gasteiger partial charge on any atom is 0.416 e. The van der Waals surface area contributed by atoms with Crippen LogP contribution in [0.3, 0.4) is 0 Å². The summed E-state index contributed by atoms with van der Waals surface area (Å²) in [6, 6.07) is 12.4. The number of likely N-dealkylation sites (tertiary alicyclic amines) is 1. The molecule has 0 N–H and O–H groups in total. The van der Waals surface area contributed by atoms with Gasteiger partial charge in [-0.25, -0.2) is 0 Å². The van der Waals surface area contributed by atoms with Gasteiger partial charge in [0, 0.05) is 19.0 Å². The summed E-state index contributed by atoms with van der Waals surface area (Å²) >= 11 is 0. The summed E-state index contributed by atoms with van der Waals surface area (Å²) in [5.41, 5.74) is 0.156. The number of hydrogen-bond donors (Lipinski definition) is 0. The van der Waals surface area contributed by atoms with Gasteiger partial charge in [0.05, 0.1) is 5.56 Å². The molecule has 2 aliphatic rings. The lowest BCUT2D eigenvalue weighted by Gasteiger charge is -2.36. The number of fused-ring (bicyclic) bond motifs is 1. The molecule has 1 amide bonds. The van der Waals surface area contributed by atoms with Gasteiger partial charge in [-0.15, -0.1) is 0 Å². The SMILES string of the molecule is O=C([C@H]1COc2ccccc2O1)N1CCC[C@@H](c2ccc(C(F)(F)F)cc2)C1. The van der Waals surface area contributed by atoms with Gasteiger partial charge in [0.25, 0.3) is 5.91 Å². The van der Waals surface area contributed by atoms with Gasteiger partial charge in [-0.05, 0) is 42.7 Å². The van der Waals surface area contributed by atoms with Crippen molar-refractivity contribution >= 4 is 5.91 Å². The highest BCUT2D eigenvalue weighted by Crippen LogP contribution is 2.34. The number of amides is 1. The molecular formula is C21H20F3NO3. The number of hydrogen-bond acceptors (Lipinski definition) is 3. The van der Waals surface area contributed by atoms with Gasteiger partial charge >= 0.3 is 6.18 Å². The molecule has 0 aliphatic carbocycles. The molecule has 1 fully saturated rings. The highest BCUT2D eigenvalue weighted by Gasteiger charge is 2.34. The summed E-state index contributed by atoms with van der Waals surface area (Å²) in [6.07, 6.45) is -3.43. The lowest BCUT2D eigenvalue weighted by molar-refractivity contribution is -0.142.